The van der Waals surface area contributed by atoms with Gasteiger partial charge in [-0.3, -0.25) is 0 Å². The van der Waals surface area contributed by atoms with Crippen LogP contribution in [0, 0.1) is 18.7 Å². The van der Waals surface area contributed by atoms with E-state index in [1.54, 1.807) is 29.1 Å². The van der Waals surface area contributed by atoms with E-state index >= 15 is 0 Å². The van der Waals surface area contributed by atoms with Gasteiger partial charge in [-0.05, 0) is 72.0 Å². The zero-order valence-corrected chi connectivity index (χ0v) is 20.8. The minimum absolute atomic E-state index is 0.144. The molecule has 0 unspecified atom stereocenters. The lowest BCUT2D eigenvalue weighted by Gasteiger charge is -2.24. The van der Waals surface area contributed by atoms with Crippen molar-refractivity contribution in [3.05, 3.63) is 94.9 Å². The van der Waals surface area contributed by atoms with Gasteiger partial charge >= 0.3 is 6.18 Å². The Morgan fingerprint density at radius 1 is 1.05 bits per heavy atom. The molecule has 192 valence electrons. The quantitative estimate of drug-likeness (QED) is 0.332. The Hall–Kier alpha value is -3.24. The van der Waals surface area contributed by atoms with Crippen molar-refractivity contribution in [2.45, 2.75) is 24.4 Å². The second-order valence-corrected chi connectivity index (χ2v) is 12.0. The van der Waals surface area contributed by atoms with Crippen molar-refractivity contribution < 1.29 is 26.0 Å². The van der Waals surface area contributed by atoms with Crippen molar-refractivity contribution in [3.63, 3.8) is 0 Å². The molecule has 2 aliphatic rings. The lowest BCUT2D eigenvalue weighted by atomic mass is 9.86. The predicted molar refractivity (Wildman–Crippen MR) is 132 cm³/mol. The highest BCUT2D eigenvalue weighted by Gasteiger charge is 2.71. The summed E-state index contributed by atoms with van der Waals surface area (Å²) in [4.78, 5) is 0. The molecule has 0 spiro atoms. The molecule has 1 saturated heterocycles. The van der Waals surface area contributed by atoms with E-state index in [0.717, 1.165) is 34.4 Å². The van der Waals surface area contributed by atoms with Crippen LogP contribution in [-0.4, -0.2) is 41.8 Å². The Morgan fingerprint density at radius 3 is 2.46 bits per heavy atom. The minimum Gasteiger partial charge on any atom is -0.233 e. The summed E-state index contributed by atoms with van der Waals surface area (Å²) >= 11 is 0. The highest BCUT2D eigenvalue weighted by Crippen LogP contribution is 2.70. The smallest absolute Gasteiger partial charge is 0.233 e. The number of aromatic nitrogens is 2. The summed E-state index contributed by atoms with van der Waals surface area (Å²) in [5.74, 6) is -0.736. The number of rotatable bonds is 4. The van der Waals surface area contributed by atoms with Gasteiger partial charge in [0, 0.05) is 29.8 Å². The second-order valence-electron chi connectivity index (χ2n) is 10.1. The van der Waals surface area contributed by atoms with Gasteiger partial charge in [0.25, 0.3) is 0 Å². The van der Waals surface area contributed by atoms with Gasteiger partial charge in [0.2, 0.25) is 10.0 Å². The number of hydrogen-bond acceptors (Lipinski definition) is 3. The molecule has 1 aliphatic heterocycles. The third kappa shape index (κ3) is 3.76. The van der Waals surface area contributed by atoms with Gasteiger partial charge in [-0.2, -0.15) is 18.3 Å². The molecule has 5 nitrogen and oxygen atoms in total. The Kier molecular flexibility index (Phi) is 5.14. The number of sulfonamides is 1. The fourth-order valence-corrected chi connectivity index (χ4v) is 7.07. The first kappa shape index (κ1) is 24.1. The number of hydrogen-bond donors (Lipinski definition) is 0. The molecule has 1 aromatic heterocycles. The molecule has 10 heteroatoms. The molecule has 4 aromatic rings. The van der Waals surface area contributed by atoms with E-state index in [0.29, 0.717) is 11.3 Å². The summed E-state index contributed by atoms with van der Waals surface area (Å²) in [6.45, 7) is 2.38. The normalized spacial score (nSPS) is 23.9. The van der Waals surface area contributed by atoms with Gasteiger partial charge in [-0.25, -0.2) is 21.8 Å². The highest BCUT2D eigenvalue weighted by molar-refractivity contribution is 7.88. The molecule has 1 aliphatic carbocycles. The molecule has 0 amide bonds. The van der Waals surface area contributed by atoms with E-state index in [2.05, 4.69) is 5.10 Å². The fraction of sp³-hybridized carbons (Fsp3) is 0.296. The van der Waals surface area contributed by atoms with Crippen LogP contribution in [0.4, 0.5) is 17.6 Å². The van der Waals surface area contributed by atoms with Crippen LogP contribution >= 0.6 is 0 Å². The first-order chi connectivity index (χ1) is 17.4. The molecule has 3 atom stereocenters. The van der Waals surface area contributed by atoms with Gasteiger partial charge in [0.1, 0.15) is 5.82 Å². The Balaban J connectivity index is 1.47. The van der Waals surface area contributed by atoms with Gasteiger partial charge < -0.3 is 0 Å². The summed E-state index contributed by atoms with van der Waals surface area (Å²) < 4.78 is 81.8. The third-order valence-corrected chi connectivity index (χ3v) is 9.09. The Labute approximate surface area is 211 Å². The van der Waals surface area contributed by atoms with Gasteiger partial charge in [-0.1, -0.05) is 18.2 Å². The SMILES string of the molecule is Cc1cc2c(cnn2-c2ccc(F)cc2)cc1[C@@]12CN(S(C)(=O)=O)C[C@@H]1[C@H]2c1cccc(C(F)(F)F)c1. The second kappa shape index (κ2) is 7.88. The van der Waals surface area contributed by atoms with E-state index in [1.807, 2.05) is 19.1 Å². The number of piperidine rings is 1. The van der Waals surface area contributed by atoms with Crippen molar-refractivity contribution in [2.24, 2.45) is 5.92 Å². The lowest BCUT2D eigenvalue weighted by Crippen LogP contribution is -2.33. The molecule has 1 saturated carbocycles. The largest absolute Gasteiger partial charge is 0.416 e. The first-order valence-corrected chi connectivity index (χ1v) is 13.6. The van der Waals surface area contributed by atoms with Gasteiger partial charge in [-0.15, -0.1) is 0 Å². The fourth-order valence-electron chi connectivity index (χ4n) is 6.19. The summed E-state index contributed by atoms with van der Waals surface area (Å²) in [6.07, 6.45) is -1.61. The maximum absolute atomic E-state index is 13.5. The van der Waals surface area contributed by atoms with E-state index in [-0.39, 0.29) is 30.7 Å². The zero-order valence-electron chi connectivity index (χ0n) is 20.0. The minimum atomic E-state index is -4.46. The molecule has 2 heterocycles. The molecule has 0 N–H and O–H groups in total. The highest BCUT2D eigenvalue weighted by atomic mass is 32.2. The van der Waals surface area contributed by atoms with Crippen LogP contribution in [0.25, 0.3) is 16.6 Å². The molecule has 3 aromatic carbocycles. The van der Waals surface area contributed by atoms with Crippen LogP contribution in [0.2, 0.25) is 0 Å². The van der Waals surface area contributed by atoms with E-state index in [1.165, 1.54) is 28.6 Å². The van der Waals surface area contributed by atoms with Crippen molar-refractivity contribution in [2.75, 3.05) is 19.3 Å². The topological polar surface area (TPSA) is 55.2 Å². The van der Waals surface area contributed by atoms with Crippen LogP contribution in [0.3, 0.4) is 0 Å². The van der Waals surface area contributed by atoms with Crippen LogP contribution in [0.1, 0.15) is 28.2 Å². The van der Waals surface area contributed by atoms with E-state index < -0.39 is 27.2 Å². The summed E-state index contributed by atoms with van der Waals surface area (Å²) in [7, 11) is -3.47. The number of fused-ring (bicyclic) bond motifs is 2. The number of nitrogens with zero attached hydrogens (tertiary/aromatic N) is 3. The predicted octanol–water partition coefficient (Wildman–Crippen LogP) is 5.42. The molecule has 0 radical (unpaired) electrons. The number of aryl methyl sites for hydroxylation is 1. The third-order valence-electron chi connectivity index (χ3n) is 7.88. The lowest BCUT2D eigenvalue weighted by molar-refractivity contribution is -0.137. The van der Waals surface area contributed by atoms with Gasteiger partial charge in [0.15, 0.2) is 0 Å². The van der Waals surface area contributed by atoms with E-state index in [4.69, 9.17) is 0 Å². The molecular formula is C27H23F4N3O2S. The van der Waals surface area contributed by atoms with Crippen molar-refractivity contribution >= 4 is 20.9 Å². The Bertz CT molecular complexity index is 1650. The number of halogens is 4. The van der Waals surface area contributed by atoms with Crippen LogP contribution in [-0.2, 0) is 21.6 Å². The van der Waals surface area contributed by atoms with Gasteiger partial charge in [0.05, 0.1) is 29.2 Å². The molecule has 6 rings (SSSR count). The monoisotopic (exact) mass is 529 g/mol. The van der Waals surface area contributed by atoms with Crippen molar-refractivity contribution in [3.8, 4) is 5.69 Å². The maximum Gasteiger partial charge on any atom is 0.416 e. The molecular weight excluding hydrogens is 506 g/mol. The zero-order chi connectivity index (χ0) is 26.3. The standard InChI is InChI=1S/C27H23F4N3O2S/c1-16-10-24-18(13-32-34(24)21-8-6-20(28)7-9-21)12-22(16)26-15-33(37(2,35)36)14-23(26)25(26)17-4-3-5-19(11-17)27(29,30)31/h3-13,23,25H,14-15H2,1-2H3/t23-,25-,26+/m1/s1. The van der Waals surface area contributed by atoms with Crippen LogP contribution in [0.15, 0.2) is 66.9 Å². The van der Waals surface area contributed by atoms with Crippen LogP contribution < -0.4 is 0 Å². The summed E-state index contributed by atoms with van der Waals surface area (Å²) in [6, 6.07) is 15.3. The van der Waals surface area contributed by atoms with Crippen molar-refractivity contribution in [1.82, 2.24) is 14.1 Å². The van der Waals surface area contributed by atoms with E-state index in [9.17, 15) is 26.0 Å². The molecule has 37 heavy (non-hydrogen) atoms. The average molecular weight is 530 g/mol. The maximum atomic E-state index is 13.5. The van der Waals surface area contributed by atoms with Crippen LogP contribution in [0.5, 0.6) is 0 Å². The Morgan fingerprint density at radius 2 is 1.78 bits per heavy atom. The summed E-state index contributed by atoms with van der Waals surface area (Å²) in [5, 5.41) is 5.28. The summed E-state index contributed by atoms with van der Waals surface area (Å²) in [5.41, 5.74) is 2.52. The van der Waals surface area contributed by atoms with Crippen molar-refractivity contribution in [1.29, 1.82) is 0 Å². The average Bonchev–Trinajstić information content (AvgIpc) is 3.10. The number of benzene rings is 3. The first-order valence-electron chi connectivity index (χ1n) is 11.8. The molecule has 2 fully saturated rings. The molecule has 0 bridgehead atoms. The number of alkyl halides is 3.